The maximum atomic E-state index is 13.2. The Bertz CT molecular complexity index is 978. The number of carbonyl (C=O) groups excluding carboxylic acids is 1. The van der Waals surface area contributed by atoms with Gasteiger partial charge in [0.1, 0.15) is 13.2 Å². The van der Waals surface area contributed by atoms with Crippen LogP contribution in [0.2, 0.25) is 5.02 Å². The lowest BCUT2D eigenvalue weighted by atomic mass is 10.1. The Kier molecular flexibility index (Phi) is 6.15. The van der Waals surface area contributed by atoms with Crippen LogP contribution >= 0.6 is 11.6 Å². The summed E-state index contributed by atoms with van der Waals surface area (Å²) in [4.78, 5) is 14.6. The van der Waals surface area contributed by atoms with Crippen LogP contribution in [0.1, 0.15) is 11.1 Å². The first-order valence-electron chi connectivity index (χ1n) is 9.73. The van der Waals surface area contributed by atoms with Crippen LogP contribution in [0.3, 0.4) is 0 Å². The highest BCUT2D eigenvalue weighted by Crippen LogP contribution is 2.39. The van der Waals surface area contributed by atoms with Crippen LogP contribution < -0.4 is 19.7 Å². The number of nitrogens with zero attached hydrogens (tertiary/aromatic N) is 1. The highest BCUT2D eigenvalue weighted by molar-refractivity contribution is 6.32. The van der Waals surface area contributed by atoms with Gasteiger partial charge in [0.15, 0.2) is 11.5 Å². The van der Waals surface area contributed by atoms with Crippen molar-refractivity contribution in [3.63, 3.8) is 0 Å². The van der Waals surface area contributed by atoms with Gasteiger partial charge in [-0.15, -0.1) is 0 Å². The van der Waals surface area contributed by atoms with Gasteiger partial charge in [-0.1, -0.05) is 11.6 Å². The Labute approximate surface area is 181 Å². The van der Waals surface area contributed by atoms with Gasteiger partial charge < -0.3 is 24.4 Å². The number of anilines is 2. The zero-order chi connectivity index (χ0) is 22.0. The van der Waals surface area contributed by atoms with Crippen LogP contribution in [0, 0.1) is 0 Å². The number of amides is 1. The van der Waals surface area contributed by atoms with Crippen LogP contribution in [0.15, 0.2) is 30.3 Å². The standard InChI is InChI=1S/C21H20ClF3N2O4/c22-15-9-13(10-18-20(15)31-8-7-30-18)11-19(28)26-16-12-14(21(23,24)25)1-2-17(16)27-3-5-29-6-4-27/h1-2,9-10,12H,3-8,11H2,(H,26,28). The van der Waals surface area contributed by atoms with Gasteiger partial charge in [-0.05, 0) is 35.9 Å². The number of alkyl halides is 3. The Hall–Kier alpha value is -2.65. The Morgan fingerprint density at radius 3 is 2.55 bits per heavy atom. The molecule has 2 aromatic carbocycles. The summed E-state index contributed by atoms with van der Waals surface area (Å²) in [5.41, 5.74) is 0.351. The van der Waals surface area contributed by atoms with E-state index in [0.29, 0.717) is 67.3 Å². The van der Waals surface area contributed by atoms with Crippen molar-refractivity contribution in [3.8, 4) is 11.5 Å². The molecule has 166 valence electrons. The Morgan fingerprint density at radius 1 is 1.06 bits per heavy atom. The van der Waals surface area contributed by atoms with Crippen molar-refractivity contribution in [2.75, 3.05) is 49.7 Å². The fraction of sp³-hybridized carbons (Fsp3) is 0.381. The summed E-state index contributed by atoms with van der Waals surface area (Å²) in [6.07, 6.45) is -4.61. The highest BCUT2D eigenvalue weighted by Gasteiger charge is 2.32. The van der Waals surface area contributed by atoms with E-state index in [-0.39, 0.29) is 12.1 Å². The first-order chi connectivity index (χ1) is 14.8. The molecule has 0 unspecified atom stereocenters. The van der Waals surface area contributed by atoms with Crippen molar-refractivity contribution in [2.24, 2.45) is 0 Å². The fourth-order valence-electron chi connectivity index (χ4n) is 3.54. The summed E-state index contributed by atoms with van der Waals surface area (Å²) in [7, 11) is 0. The summed E-state index contributed by atoms with van der Waals surface area (Å²) >= 11 is 6.21. The van der Waals surface area contributed by atoms with Crippen molar-refractivity contribution < 1.29 is 32.2 Å². The number of rotatable bonds is 4. The molecule has 6 nitrogen and oxygen atoms in total. The lowest BCUT2D eigenvalue weighted by Gasteiger charge is -2.31. The van der Waals surface area contributed by atoms with Gasteiger partial charge in [0.2, 0.25) is 5.91 Å². The molecule has 0 bridgehead atoms. The van der Waals surface area contributed by atoms with Gasteiger partial charge in [0, 0.05) is 13.1 Å². The van der Waals surface area contributed by atoms with Crippen molar-refractivity contribution in [1.82, 2.24) is 0 Å². The molecular formula is C21H20ClF3N2O4. The van der Waals surface area contributed by atoms with Crippen LogP contribution in [0.4, 0.5) is 24.5 Å². The number of carbonyl (C=O) groups is 1. The molecule has 10 heteroatoms. The van der Waals surface area contributed by atoms with E-state index in [2.05, 4.69) is 5.32 Å². The number of benzene rings is 2. The number of fused-ring (bicyclic) bond motifs is 1. The summed E-state index contributed by atoms with van der Waals surface area (Å²) in [6.45, 7) is 2.71. The molecule has 2 aromatic rings. The van der Waals surface area contributed by atoms with Crippen molar-refractivity contribution in [2.45, 2.75) is 12.6 Å². The summed E-state index contributed by atoms with van der Waals surface area (Å²) in [5, 5.41) is 2.94. The topological polar surface area (TPSA) is 60.0 Å². The van der Waals surface area contributed by atoms with Gasteiger partial charge >= 0.3 is 6.18 Å². The highest BCUT2D eigenvalue weighted by atomic mass is 35.5. The van der Waals surface area contributed by atoms with E-state index in [4.69, 9.17) is 25.8 Å². The predicted octanol–water partition coefficient (Wildman–Crippen LogP) is 4.15. The van der Waals surface area contributed by atoms with Crippen molar-refractivity contribution >= 4 is 28.9 Å². The average Bonchev–Trinajstić information content (AvgIpc) is 2.73. The van der Waals surface area contributed by atoms with E-state index < -0.39 is 17.6 Å². The lowest BCUT2D eigenvalue weighted by molar-refractivity contribution is -0.137. The maximum absolute atomic E-state index is 13.2. The number of halogens is 4. The number of hydrogen-bond donors (Lipinski definition) is 1. The molecule has 31 heavy (non-hydrogen) atoms. The Morgan fingerprint density at radius 2 is 1.81 bits per heavy atom. The number of morpholine rings is 1. The maximum Gasteiger partial charge on any atom is 0.416 e. The minimum atomic E-state index is -4.52. The second-order valence-electron chi connectivity index (χ2n) is 7.16. The second kappa shape index (κ2) is 8.84. The monoisotopic (exact) mass is 456 g/mol. The zero-order valence-electron chi connectivity index (χ0n) is 16.4. The molecule has 2 aliphatic heterocycles. The molecule has 0 aromatic heterocycles. The average molecular weight is 457 g/mol. The van der Waals surface area contributed by atoms with E-state index in [9.17, 15) is 18.0 Å². The zero-order valence-corrected chi connectivity index (χ0v) is 17.2. The third-order valence-electron chi connectivity index (χ3n) is 4.97. The van der Waals surface area contributed by atoms with E-state index >= 15 is 0 Å². The van der Waals surface area contributed by atoms with E-state index in [1.54, 1.807) is 12.1 Å². The Balaban J connectivity index is 1.57. The van der Waals surface area contributed by atoms with Gasteiger partial charge in [-0.25, -0.2) is 0 Å². The molecule has 1 N–H and O–H groups in total. The summed E-state index contributed by atoms with van der Waals surface area (Å²) < 4.78 is 56.0. The molecule has 1 amide bonds. The molecule has 0 aliphatic carbocycles. The molecule has 2 aliphatic rings. The van der Waals surface area contributed by atoms with Crippen molar-refractivity contribution in [3.05, 3.63) is 46.5 Å². The van der Waals surface area contributed by atoms with Crippen LogP contribution in [-0.4, -0.2) is 45.4 Å². The molecular weight excluding hydrogens is 437 g/mol. The molecule has 0 atom stereocenters. The third kappa shape index (κ3) is 4.99. The molecule has 0 radical (unpaired) electrons. The van der Waals surface area contributed by atoms with Gasteiger partial charge in [-0.2, -0.15) is 13.2 Å². The molecule has 4 rings (SSSR count). The van der Waals surface area contributed by atoms with Crippen LogP contribution in [-0.2, 0) is 22.1 Å². The summed E-state index contributed by atoms with van der Waals surface area (Å²) in [5.74, 6) is 0.390. The third-order valence-corrected chi connectivity index (χ3v) is 5.25. The van der Waals surface area contributed by atoms with Gasteiger partial charge in [0.05, 0.1) is 41.6 Å². The molecule has 0 spiro atoms. The van der Waals surface area contributed by atoms with Crippen LogP contribution in [0.25, 0.3) is 0 Å². The molecule has 2 heterocycles. The lowest BCUT2D eigenvalue weighted by Crippen LogP contribution is -2.37. The molecule has 0 saturated carbocycles. The fourth-order valence-corrected chi connectivity index (χ4v) is 3.83. The predicted molar refractivity (Wildman–Crippen MR) is 109 cm³/mol. The smallest absolute Gasteiger partial charge is 0.416 e. The number of ether oxygens (including phenoxy) is 3. The molecule has 1 fully saturated rings. The normalized spacial score (nSPS) is 16.2. The van der Waals surface area contributed by atoms with Gasteiger partial charge in [-0.3, -0.25) is 4.79 Å². The quantitative estimate of drug-likeness (QED) is 0.749. The van der Waals surface area contributed by atoms with E-state index in [0.717, 1.165) is 12.1 Å². The van der Waals surface area contributed by atoms with E-state index in [1.165, 1.54) is 6.07 Å². The summed E-state index contributed by atoms with van der Waals surface area (Å²) in [6, 6.07) is 6.59. The number of nitrogens with one attached hydrogen (secondary N) is 1. The first kappa shape index (κ1) is 21.6. The first-order valence-corrected chi connectivity index (χ1v) is 10.1. The largest absolute Gasteiger partial charge is 0.486 e. The minimum Gasteiger partial charge on any atom is -0.486 e. The van der Waals surface area contributed by atoms with E-state index in [1.807, 2.05) is 4.90 Å². The van der Waals surface area contributed by atoms with Gasteiger partial charge in [0.25, 0.3) is 0 Å². The SMILES string of the molecule is O=C(Cc1cc(Cl)c2c(c1)OCCO2)Nc1cc(C(F)(F)F)ccc1N1CCOCC1. The van der Waals surface area contributed by atoms with Crippen molar-refractivity contribution in [1.29, 1.82) is 0 Å². The van der Waals surface area contributed by atoms with Crippen LogP contribution in [0.5, 0.6) is 11.5 Å². The second-order valence-corrected chi connectivity index (χ2v) is 7.56. The minimum absolute atomic E-state index is 0.0881. The molecule has 1 saturated heterocycles. The number of hydrogen-bond acceptors (Lipinski definition) is 5.